The Kier molecular flexibility index (Phi) is 3.88. The third-order valence-corrected chi connectivity index (χ3v) is 4.32. The Balaban J connectivity index is 2.04. The van der Waals surface area contributed by atoms with Gasteiger partial charge in [-0.3, -0.25) is 0 Å². The van der Waals surface area contributed by atoms with E-state index in [4.69, 9.17) is 5.73 Å². The lowest BCUT2D eigenvalue weighted by Gasteiger charge is -2.17. The summed E-state index contributed by atoms with van der Waals surface area (Å²) < 4.78 is 0. The van der Waals surface area contributed by atoms with Crippen molar-refractivity contribution >= 4 is 0 Å². The van der Waals surface area contributed by atoms with Gasteiger partial charge in [-0.2, -0.15) is 0 Å². The van der Waals surface area contributed by atoms with E-state index in [1.165, 1.54) is 48.8 Å². The highest BCUT2D eigenvalue weighted by molar-refractivity contribution is 5.37. The molecule has 1 aliphatic carbocycles. The van der Waals surface area contributed by atoms with Crippen molar-refractivity contribution in [2.75, 3.05) is 0 Å². The zero-order valence-corrected chi connectivity index (χ0v) is 11.4. The van der Waals surface area contributed by atoms with Gasteiger partial charge in [0.2, 0.25) is 0 Å². The lowest BCUT2D eigenvalue weighted by atomic mass is 9.91. The zero-order chi connectivity index (χ0) is 12.4. The number of rotatable bonds is 3. The van der Waals surface area contributed by atoms with Crippen LogP contribution in [0.15, 0.2) is 12.1 Å². The molecule has 1 nitrogen and oxygen atoms in total. The molecule has 94 valence electrons. The van der Waals surface area contributed by atoms with Gasteiger partial charge in [-0.25, -0.2) is 0 Å². The molecule has 0 heterocycles. The van der Waals surface area contributed by atoms with E-state index < -0.39 is 0 Å². The summed E-state index contributed by atoms with van der Waals surface area (Å²) in [6.45, 7) is 6.66. The van der Waals surface area contributed by atoms with Crippen LogP contribution in [0.2, 0.25) is 0 Å². The quantitative estimate of drug-likeness (QED) is 0.844. The highest BCUT2D eigenvalue weighted by atomic mass is 14.7. The highest BCUT2D eigenvalue weighted by Gasteiger charge is 2.23. The van der Waals surface area contributed by atoms with E-state index in [2.05, 4.69) is 32.9 Å². The molecule has 2 N–H and O–H groups in total. The Labute approximate surface area is 105 Å². The maximum atomic E-state index is 6.14. The lowest BCUT2D eigenvalue weighted by Crippen LogP contribution is -2.24. The van der Waals surface area contributed by atoms with E-state index in [1.54, 1.807) is 5.56 Å². The summed E-state index contributed by atoms with van der Waals surface area (Å²) in [6, 6.07) is 5.06. The summed E-state index contributed by atoms with van der Waals surface area (Å²) >= 11 is 0. The van der Waals surface area contributed by atoms with Crippen LogP contribution in [0.4, 0.5) is 0 Å². The van der Waals surface area contributed by atoms with Crippen molar-refractivity contribution < 1.29 is 0 Å². The summed E-state index contributed by atoms with van der Waals surface area (Å²) in [4.78, 5) is 0. The van der Waals surface area contributed by atoms with Crippen LogP contribution in [0.25, 0.3) is 0 Å². The zero-order valence-electron chi connectivity index (χ0n) is 11.4. The largest absolute Gasteiger partial charge is 0.327 e. The second kappa shape index (κ2) is 5.22. The van der Waals surface area contributed by atoms with Gasteiger partial charge in [0, 0.05) is 6.04 Å². The van der Waals surface area contributed by atoms with Gasteiger partial charge in [-0.15, -0.1) is 0 Å². The number of nitrogens with two attached hydrogens (primary N) is 1. The topological polar surface area (TPSA) is 26.0 Å². The van der Waals surface area contributed by atoms with Crippen LogP contribution < -0.4 is 5.73 Å². The van der Waals surface area contributed by atoms with Gasteiger partial charge in [0.05, 0.1) is 0 Å². The lowest BCUT2D eigenvalue weighted by molar-refractivity contribution is 0.446. The van der Waals surface area contributed by atoms with E-state index >= 15 is 0 Å². The number of hydrogen-bond acceptors (Lipinski definition) is 1. The minimum atomic E-state index is 0.459. The molecule has 2 unspecified atom stereocenters. The van der Waals surface area contributed by atoms with Gasteiger partial charge in [0.15, 0.2) is 0 Å². The molecule has 0 bridgehead atoms. The molecule has 1 aliphatic rings. The minimum Gasteiger partial charge on any atom is -0.327 e. The summed E-state index contributed by atoms with van der Waals surface area (Å²) in [5.74, 6) is 0.759. The van der Waals surface area contributed by atoms with Crippen molar-refractivity contribution in [3.8, 4) is 0 Å². The predicted octanol–water partition coefficient (Wildman–Crippen LogP) is 3.67. The van der Waals surface area contributed by atoms with E-state index in [0.717, 1.165) is 5.92 Å². The van der Waals surface area contributed by atoms with Crippen LogP contribution in [-0.4, -0.2) is 6.04 Å². The van der Waals surface area contributed by atoms with Gasteiger partial charge in [0.25, 0.3) is 0 Å². The fourth-order valence-corrected chi connectivity index (χ4v) is 3.36. The van der Waals surface area contributed by atoms with Gasteiger partial charge in [-0.1, -0.05) is 24.1 Å². The van der Waals surface area contributed by atoms with E-state index in [0.29, 0.717) is 6.04 Å². The smallest absolute Gasteiger partial charge is 0.00672 e. The van der Waals surface area contributed by atoms with Crippen LogP contribution >= 0.6 is 0 Å². The summed E-state index contributed by atoms with van der Waals surface area (Å²) in [6.07, 6.45) is 6.38. The van der Waals surface area contributed by atoms with Gasteiger partial charge < -0.3 is 5.73 Å². The molecule has 1 saturated carbocycles. The van der Waals surface area contributed by atoms with Crippen molar-refractivity contribution in [1.29, 1.82) is 0 Å². The minimum absolute atomic E-state index is 0.459. The molecule has 1 fully saturated rings. The molecule has 17 heavy (non-hydrogen) atoms. The molecule has 0 saturated heterocycles. The van der Waals surface area contributed by atoms with Crippen LogP contribution in [-0.2, 0) is 6.42 Å². The average Bonchev–Trinajstić information content (AvgIpc) is 2.62. The van der Waals surface area contributed by atoms with Gasteiger partial charge in [-0.05, 0) is 69.1 Å². The summed E-state index contributed by atoms with van der Waals surface area (Å²) in [5.41, 5.74) is 12.0. The van der Waals surface area contributed by atoms with Gasteiger partial charge >= 0.3 is 0 Å². The van der Waals surface area contributed by atoms with Crippen molar-refractivity contribution in [1.82, 2.24) is 0 Å². The molecule has 0 aromatic heterocycles. The van der Waals surface area contributed by atoms with E-state index in [1.807, 2.05) is 0 Å². The van der Waals surface area contributed by atoms with Crippen LogP contribution in [0.5, 0.6) is 0 Å². The fraction of sp³-hybridized carbons (Fsp3) is 0.625. The average molecular weight is 231 g/mol. The Morgan fingerprint density at radius 1 is 1.12 bits per heavy atom. The first kappa shape index (κ1) is 12.6. The van der Waals surface area contributed by atoms with Crippen molar-refractivity contribution in [2.45, 2.75) is 58.9 Å². The molecule has 0 aliphatic heterocycles. The molecule has 0 amide bonds. The Morgan fingerprint density at radius 3 is 2.29 bits per heavy atom. The third-order valence-electron chi connectivity index (χ3n) is 4.32. The number of hydrogen-bond donors (Lipinski definition) is 1. The second-order valence-electron chi connectivity index (χ2n) is 5.77. The normalized spacial score (nSPS) is 24.2. The monoisotopic (exact) mass is 231 g/mol. The van der Waals surface area contributed by atoms with E-state index in [9.17, 15) is 0 Å². The number of aryl methyl sites for hydroxylation is 3. The molecular weight excluding hydrogens is 206 g/mol. The predicted molar refractivity (Wildman–Crippen MR) is 74.3 cm³/mol. The molecule has 1 aromatic rings. The summed E-state index contributed by atoms with van der Waals surface area (Å²) in [7, 11) is 0. The second-order valence-corrected chi connectivity index (χ2v) is 5.77. The molecular formula is C16H25N. The molecule has 0 radical (unpaired) electrons. The maximum Gasteiger partial charge on any atom is 0.00672 e. The first-order valence-corrected chi connectivity index (χ1v) is 6.90. The maximum absolute atomic E-state index is 6.14. The summed E-state index contributed by atoms with van der Waals surface area (Å²) in [5, 5.41) is 0. The molecule has 2 atom stereocenters. The third kappa shape index (κ3) is 2.90. The molecule has 1 heteroatoms. The number of benzene rings is 1. The van der Waals surface area contributed by atoms with Crippen molar-refractivity contribution in [3.63, 3.8) is 0 Å². The molecule has 2 rings (SSSR count). The Morgan fingerprint density at radius 2 is 1.76 bits per heavy atom. The van der Waals surface area contributed by atoms with Crippen molar-refractivity contribution in [3.05, 3.63) is 34.4 Å². The van der Waals surface area contributed by atoms with Crippen LogP contribution in [0, 0.1) is 26.7 Å². The molecule has 1 aromatic carbocycles. The van der Waals surface area contributed by atoms with Gasteiger partial charge in [0.1, 0.15) is 0 Å². The first-order valence-electron chi connectivity index (χ1n) is 6.90. The standard InChI is InChI=1S/C16H25N/c1-11-9-12(2)15(13(3)10-11)8-7-14-5-4-6-16(14)17/h9-10,14,16H,4-8,17H2,1-3H3. The fourth-order valence-electron chi connectivity index (χ4n) is 3.36. The SMILES string of the molecule is Cc1cc(C)c(CCC2CCCC2N)c(C)c1. The Hall–Kier alpha value is -0.820. The highest BCUT2D eigenvalue weighted by Crippen LogP contribution is 2.29. The molecule has 0 spiro atoms. The Bertz CT molecular complexity index is 372. The van der Waals surface area contributed by atoms with Crippen LogP contribution in [0.3, 0.4) is 0 Å². The van der Waals surface area contributed by atoms with Crippen LogP contribution in [0.1, 0.15) is 47.9 Å². The first-order chi connectivity index (χ1) is 8.08. The van der Waals surface area contributed by atoms with E-state index in [-0.39, 0.29) is 0 Å². The van der Waals surface area contributed by atoms with Crippen molar-refractivity contribution in [2.24, 2.45) is 11.7 Å².